The molecule has 0 unspecified atom stereocenters. The highest BCUT2D eigenvalue weighted by Crippen LogP contribution is 2.39. The molecule has 1 aromatic carbocycles. The Morgan fingerprint density at radius 2 is 1.18 bits per heavy atom. The number of aromatic nitrogens is 6. The van der Waals surface area contributed by atoms with Gasteiger partial charge in [0, 0.05) is 6.04 Å². The van der Waals surface area contributed by atoms with Crippen molar-refractivity contribution in [2.24, 2.45) is 0 Å². The molecule has 3 rings (SSSR count). The molecule has 0 fully saturated rings. The minimum atomic E-state index is -4.95. The van der Waals surface area contributed by atoms with Gasteiger partial charge in [-0.2, -0.15) is 36.3 Å². The topological polar surface area (TPSA) is 70.7 Å². The lowest BCUT2D eigenvalue weighted by Gasteiger charge is -2.15. The van der Waals surface area contributed by atoms with Crippen LogP contribution in [0.3, 0.4) is 0 Å². The van der Waals surface area contributed by atoms with E-state index in [0.29, 0.717) is 22.9 Å². The lowest BCUT2D eigenvalue weighted by atomic mass is 10.1. The van der Waals surface area contributed by atoms with Crippen LogP contribution >= 0.6 is 47.8 Å². The van der Waals surface area contributed by atoms with Crippen LogP contribution in [0, 0.1) is 0 Å². The molecule has 188 valence electrons. The SMILES string of the molecule is CC(C)n1nc(Br)nc1Br.CC(C)n1nc(Br)nc1Oc1cc(C(F)(F)F)cc(C(F)(F)F)c1. The predicted molar refractivity (Wildman–Crippen MR) is 120 cm³/mol. The predicted octanol–water partition coefficient (Wildman–Crippen LogP) is 7.84. The van der Waals surface area contributed by atoms with Crippen molar-refractivity contribution in [1.82, 2.24) is 29.5 Å². The standard InChI is InChI=1S/C13H10BrF6N3O.C5H7Br2N3/c1-6(2)23-11(21-10(14)22-23)24-9-4-7(12(15,16)17)3-8(5-9)13(18,19)20;1-3(2)10-5(7)8-4(6)9-10/h3-6H,1-2H3;3H,1-2H3. The first-order valence-electron chi connectivity index (χ1n) is 9.36. The van der Waals surface area contributed by atoms with Crippen molar-refractivity contribution in [3.8, 4) is 11.8 Å². The van der Waals surface area contributed by atoms with Crippen molar-refractivity contribution < 1.29 is 31.1 Å². The van der Waals surface area contributed by atoms with Crippen molar-refractivity contribution in [3.63, 3.8) is 0 Å². The molecule has 0 N–H and O–H groups in total. The van der Waals surface area contributed by atoms with Gasteiger partial charge in [-0.15, -0.1) is 10.2 Å². The fraction of sp³-hybridized carbons (Fsp3) is 0.444. The van der Waals surface area contributed by atoms with E-state index in [1.165, 1.54) is 4.68 Å². The lowest BCUT2D eigenvalue weighted by Crippen LogP contribution is -2.11. The van der Waals surface area contributed by atoms with E-state index >= 15 is 0 Å². The number of alkyl halides is 6. The highest BCUT2D eigenvalue weighted by molar-refractivity contribution is 9.11. The molecular weight excluding hydrogens is 670 g/mol. The summed E-state index contributed by atoms with van der Waals surface area (Å²) in [6, 6.07) is 0.810. The summed E-state index contributed by atoms with van der Waals surface area (Å²) in [6.45, 7) is 7.49. The van der Waals surface area contributed by atoms with Crippen LogP contribution < -0.4 is 4.74 Å². The molecule has 34 heavy (non-hydrogen) atoms. The average Bonchev–Trinajstić information content (AvgIpc) is 3.21. The third kappa shape index (κ3) is 7.66. The maximum absolute atomic E-state index is 12.8. The zero-order valence-electron chi connectivity index (χ0n) is 17.9. The van der Waals surface area contributed by atoms with Crippen molar-refractivity contribution in [2.45, 2.75) is 52.1 Å². The second-order valence-corrected chi connectivity index (χ2v) is 9.36. The van der Waals surface area contributed by atoms with Crippen LogP contribution in [0.25, 0.3) is 0 Å². The second-order valence-electron chi connectivity index (χ2n) is 7.23. The third-order valence-electron chi connectivity index (χ3n) is 3.89. The number of rotatable bonds is 4. The lowest BCUT2D eigenvalue weighted by molar-refractivity contribution is -0.143. The van der Waals surface area contributed by atoms with Crippen LogP contribution in [0.15, 0.2) is 32.4 Å². The number of hydrogen-bond donors (Lipinski definition) is 0. The van der Waals surface area contributed by atoms with Gasteiger partial charge < -0.3 is 4.74 Å². The van der Waals surface area contributed by atoms with Gasteiger partial charge in [0.25, 0.3) is 0 Å². The number of benzene rings is 1. The van der Waals surface area contributed by atoms with Gasteiger partial charge in [-0.1, -0.05) is 0 Å². The molecule has 0 atom stereocenters. The van der Waals surface area contributed by atoms with Crippen LogP contribution in [0.2, 0.25) is 0 Å². The summed E-state index contributed by atoms with van der Waals surface area (Å²) in [6.07, 6.45) is -9.91. The zero-order chi connectivity index (χ0) is 26.0. The van der Waals surface area contributed by atoms with Crippen LogP contribution in [0.1, 0.15) is 50.9 Å². The van der Waals surface area contributed by atoms with Gasteiger partial charge in [0.15, 0.2) is 4.73 Å². The van der Waals surface area contributed by atoms with Crippen LogP contribution in [-0.2, 0) is 12.4 Å². The van der Waals surface area contributed by atoms with E-state index in [1.54, 1.807) is 18.5 Å². The number of ether oxygens (including phenoxy) is 1. The van der Waals surface area contributed by atoms with E-state index in [9.17, 15) is 26.3 Å². The molecule has 0 aliphatic heterocycles. The fourth-order valence-corrected chi connectivity index (χ4v) is 3.95. The Balaban J connectivity index is 0.000000340. The zero-order valence-corrected chi connectivity index (χ0v) is 22.6. The Morgan fingerprint density at radius 3 is 1.53 bits per heavy atom. The smallest absolute Gasteiger partial charge is 0.416 e. The normalized spacial score (nSPS) is 12.2. The Kier molecular flexibility index (Phi) is 9.18. The summed E-state index contributed by atoms with van der Waals surface area (Å²) in [5.41, 5.74) is -2.94. The monoisotopic (exact) mass is 684 g/mol. The van der Waals surface area contributed by atoms with E-state index in [-0.39, 0.29) is 22.9 Å². The molecule has 2 aromatic heterocycles. The number of nitrogens with zero attached hydrogens (tertiary/aromatic N) is 6. The van der Waals surface area contributed by atoms with E-state index < -0.39 is 29.2 Å². The van der Waals surface area contributed by atoms with Crippen LogP contribution in [0.4, 0.5) is 26.3 Å². The first kappa shape index (κ1) is 28.6. The molecule has 0 radical (unpaired) electrons. The Bertz CT molecular complexity index is 1090. The second kappa shape index (κ2) is 10.9. The summed E-state index contributed by atoms with van der Waals surface area (Å²) < 4.78 is 86.5. The van der Waals surface area contributed by atoms with E-state index in [4.69, 9.17) is 4.74 Å². The van der Waals surface area contributed by atoms with Crippen molar-refractivity contribution in [1.29, 1.82) is 0 Å². The molecule has 0 bridgehead atoms. The Hall–Kier alpha value is -1.68. The van der Waals surface area contributed by atoms with E-state index in [1.807, 2.05) is 13.8 Å². The Labute approximate surface area is 215 Å². The first-order valence-corrected chi connectivity index (χ1v) is 11.7. The van der Waals surface area contributed by atoms with Gasteiger partial charge in [0.1, 0.15) is 5.75 Å². The van der Waals surface area contributed by atoms with Gasteiger partial charge in [-0.25, -0.2) is 9.36 Å². The van der Waals surface area contributed by atoms with Crippen LogP contribution in [0.5, 0.6) is 11.8 Å². The average molecular weight is 687 g/mol. The molecule has 0 amide bonds. The molecule has 0 saturated carbocycles. The molecule has 0 spiro atoms. The molecule has 3 aromatic rings. The van der Waals surface area contributed by atoms with Gasteiger partial charge in [-0.3, -0.25) is 0 Å². The number of hydrogen-bond acceptors (Lipinski definition) is 5. The summed E-state index contributed by atoms with van der Waals surface area (Å²) >= 11 is 9.43. The molecule has 2 heterocycles. The van der Waals surface area contributed by atoms with E-state index in [0.717, 1.165) is 4.73 Å². The quantitative estimate of drug-likeness (QED) is 0.262. The van der Waals surface area contributed by atoms with Gasteiger partial charge in [0.05, 0.1) is 17.2 Å². The highest BCUT2D eigenvalue weighted by atomic mass is 79.9. The molecule has 0 aliphatic carbocycles. The minimum absolute atomic E-state index is 0.0238. The van der Waals surface area contributed by atoms with Crippen molar-refractivity contribution in [3.05, 3.63) is 43.5 Å². The van der Waals surface area contributed by atoms with Gasteiger partial charge in [-0.05, 0) is 93.7 Å². The number of halogens is 9. The highest BCUT2D eigenvalue weighted by Gasteiger charge is 2.37. The minimum Gasteiger partial charge on any atom is -0.424 e. The first-order chi connectivity index (χ1) is 15.5. The molecule has 0 aliphatic rings. The summed E-state index contributed by atoms with van der Waals surface area (Å²) in [7, 11) is 0. The maximum Gasteiger partial charge on any atom is 0.416 e. The van der Waals surface area contributed by atoms with Gasteiger partial charge in [0.2, 0.25) is 9.47 Å². The summed E-state index contributed by atoms with van der Waals surface area (Å²) in [5.74, 6) is -0.640. The fourth-order valence-electron chi connectivity index (χ4n) is 2.39. The van der Waals surface area contributed by atoms with Crippen molar-refractivity contribution >= 4 is 47.8 Å². The van der Waals surface area contributed by atoms with Gasteiger partial charge >= 0.3 is 18.4 Å². The van der Waals surface area contributed by atoms with E-state index in [2.05, 4.69) is 68.0 Å². The summed E-state index contributed by atoms with van der Waals surface area (Å²) in [4.78, 5) is 7.81. The van der Waals surface area contributed by atoms with Crippen molar-refractivity contribution in [2.75, 3.05) is 0 Å². The molecule has 7 nitrogen and oxygen atoms in total. The summed E-state index contributed by atoms with van der Waals surface area (Å²) in [5, 5.41) is 7.99. The largest absolute Gasteiger partial charge is 0.424 e. The van der Waals surface area contributed by atoms with Crippen LogP contribution in [-0.4, -0.2) is 29.5 Å². The maximum atomic E-state index is 12.8. The Morgan fingerprint density at radius 1 is 0.735 bits per heavy atom. The molecular formula is C18H17Br3F6N6O. The molecule has 16 heteroatoms. The molecule has 0 saturated heterocycles. The third-order valence-corrected chi connectivity index (χ3v) is 5.10.